The molecule has 0 saturated heterocycles. The molecule has 0 fully saturated rings. The molecule has 0 spiro atoms. The second-order valence-electron chi connectivity index (χ2n) is 8.89. The van der Waals surface area contributed by atoms with E-state index in [-0.39, 0.29) is 29.5 Å². The highest BCUT2D eigenvalue weighted by Crippen LogP contribution is 2.26. The van der Waals surface area contributed by atoms with E-state index in [1.807, 2.05) is 81.7 Å². The van der Waals surface area contributed by atoms with Crippen LogP contribution in [0.4, 0.5) is 5.69 Å². The molecule has 0 bridgehead atoms. The molecule has 0 radical (unpaired) electrons. The maximum absolute atomic E-state index is 12.9. The smallest absolute Gasteiger partial charge is 0.251 e. The Labute approximate surface area is 211 Å². The van der Waals surface area contributed by atoms with Crippen molar-refractivity contribution in [1.29, 1.82) is 0 Å². The van der Waals surface area contributed by atoms with Crippen molar-refractivity contribution < 1.29 is 9.59 Å². The Morgan fingerprint density at radius 3 is 2.46 bits per heavy atom. The number of aryl methyl sites for hydroxylation is 2. The lowest BCUT2D eigenvalue weighted by Crippen LogP contribution is -2.33. The van der Waals surface area contributed by atoms with Crippen LogP contribution < -0.4 is 10.6 Å². The summed E-state index contributed by atoms with van der Waals surface area (Å²) in [6, 6.07) is 12.9. The molecule has 0 aliphatic carbocycles. The fraction of sp³-hybridized carbons (Fsp3) is 0.333. The summed E-state index contributed by atoms with van der Waals surface area (Å²) in [5.41, 5.74) is 4.66. The van der Waals surface area contributed by atoms with Crippen LogP contribution in [0.2, 0.25) is 0 Å². The number of allylic oxidation sites excluding steroid dienone is 1. The van der Waals surface area contributed by atoms with Crippen LogP contribution >= 0.6 is 11.8 Å². The zero-order chi connectivity index (χ0) is 25.5. The first-order valence-electron chi connectivity index (χ1n) is 11.6. The molecule has 35 heavy (non-hydrogen) atoms. The van der Waals surface area contributed by atoms with Crippen molar-refractivity contribution in [3.8, 4) is 0 Å². The molecule has 0 aliphatic rings. The second kappa shape index (κ2) is 11.8. The van der Waals surface area contributed by atoms with Gasteiger partial charge < -0.3 is 15.2 Å². The van der Waals surface area contributed by atoms with E-state index in [1.54, 1.807) is 6.08 Å². The molecule has 1 heterocycles. The molecule has 0 aliphatic heterocycles. The number of hydrogen-bond donors (Lipinski definition) is 2. The molecular formula is C27H33N5O2S. The molecule has 0 saturated carbocycles. The third-order valence-corrected chi connectivity index (χ3v) is 6.78. The molecule has 2 N–H and O–H groups in total. The fourth-order valence-corrected chi connectivity index (χ4v) is 4.35. The van der Waals surface area contributed by atoms with Gasteiger partial charge in [-0.05, 0) is 56.0 Å². The van der Waals surface area contributed by atoms with Crippen molar-refractivity contribution in [3.63, 3.8) is 0 Å². The first kappa shape index (κ1) is 26.2. The first-order chi connectivity index (χ1) is 16.7. The molecule has 3 aromatic rings. The molecule has 3 rings (SSSR count). The number of hydrogen-bond acceptors (Lipinski definition) is 5. The average molecular weight is 492 g/mol. The second-order valence-corrected chi connectivity index (χ2v) is 9.83. The molecule has 1 atom stereocenters. The molecule has 8 heteroatoms. The van der Waals surface area contributed by atoms with E-state index in [1.165, 1.54) is 11.8 Å². The van der Waals surface area contributed by atoms with Gasteiger partial charge >= 0.3 is 0 Å². The third kappa shape index (κ3) is 6.60. The Kier molecular flexibility index (Phi) is 8.87. The maximum Gasteiger partial charge on any atom is 0.251 e. The van der Waals surface area contributed by atoms with Crippen LogP contribution in [-0.4, -0.2) is 32.3 Å². The van der Waals surface area contributed by atoms with Crippen LogP contribution in [0.1, 0.15) is 52.8 Å². The highest BCUT2D eigenvalue weighted by Gasteiger charge is 2.26. The number of nitrogens with zero attached hydrogens (tertiary/aromatic N) is 3. The van der Waals surface area contributed by atoms with Crippen LogP contribution in [0.15, 0.2) is 60.3 Å². The highest BCUT2D eigenvalue weighted by atomic mass is 32.2. The number of anilines is 1. The van der Waals surface area contributed by atoms with Crippen LogP contribution in [0.3, 0.4) is 0 Å². The summed E-state index contributed by atoms with van der Waals surface area (Å²) in [5, 5.41) is 15.4. The molecule has 0 unspecified atom stereocenters. The Morgan fingerprint density at radius 1 is 1.09 bits per heavy atom. The van der Waals surface area contributed by atoms with Gasteiger partial charge in [-0.3, -0.25) is 9.59 Å². The van der Waals surface area contributed by atoms with Gasteiger partial charge in [0, 0.05) is 17.8 Å². The van der Waals surface area contributed by atoms with Crippen molar-refractivity contribution >= 4 is 29.3 Å². The summed E-state index contributed by atoms with van der Waals surface area (Å²) in [4.78, 5) is 25.5. The Hall–Kier alpha value is -3.39. The lowest BCUT2D eigenvalue weighted by molar-refractivity contribution is -0.113. The number of amides is 2. The average Bonchev–Trinajstić information content (AvgIpc) is 3.21. The summed E-state index contributed by atoms with van der Waals surface area (Å²) < 4.78 is 1.91. The van der Waals surface area contributed by atoms with Crippen molar-refractivity contribution in [2.75, 3.05) is 11.1 Å². The highest BCUT2D eigenvalue weighted by molar-refractivity contribution is 7.99. The fourth-order valence-electron chi connectivity index (χ4n) is 3.60. The van der Waals surface area contributed by atoms with Gasteiger partial charge in [-0.15, -0.1) is 16.8 Å². The van der Waals surface area contributed by atoms with E-state index < -0.39 is 0 Å². The topological polar surface area (TPSA) is 88.9 Å². The van der Waals surface area contributed by atoms with Gasteiger partial charge in [-0.1, -0.05) is 61.5 Å². The summed E-state index contributed by atoms with van der Waals surface area (Å²) in [5.74, 6) is 0.607. The van der Waals surface area contributed by atoms with E-state index in [9.17, 15) is 9.59 Å². The molecule has 7 nitrogen and oxygen atoms in total. The van der Waals surface area contributed by atoms with Crippen LogP contribution in [0, 0.1) is 26.7 Å². The van der Waals surface area contributed by atoms with Gasteiger partial charge in [0.25, 0.3) is 5.91 Å². The van der Waals surface area contributed by atoms with Gasteiger partial charge in [-0.2, -0.15) is 0 Å². The minimum Gasteiger partial charge on any atom is -0.342 e. The zero-order valence-corrected chi connectivity index (χ0v) is 21.8. The molecule has 2 amide bonds. The predicted octanol–water partition coefficient (Wildman–Crippen LogP) is 5.25. The lowest BCUT2D eigenvalue weighted by Gasteiger charge is -2.22. The number of nitrogens with one attached hydrogen (secondary N) is 2. The van der Waals surface area contributed by atoms with E-state index in [0.717, 1.165) is 22.4 Å². The standard InChI is InChI=1S/C27H33N5O2S/c1-7-15-32-25(24(17(2)3)29-26(34)21-13-11-18(4)12-14-21)30-31-27(32)35-16-23(33)28-22-10-8-9-19(5)20(22)6/h7-14,17,24H,1,15-16H2,2-6H3,(H,28,33)(H,29,34)/t24-/m1/s1. The normalized spacial score (nSPS) is 11.8. The number of carbonyl (C=O) groups is 2. The molecular weight excluding hydrogens is 458 g/mol. The van der Waals surface area contributed by atoms with Crippen LogP contribution in [0.25, 0.3) is 0 Å². The van der Waals surface area contributed by atoms with E-state index in [0.29, 0.717) is 23.1 Å². The summed E-state index contributed by atoms with van der Waals surface area (Å²) in [7, 11) is 0. The minimum atomic E-state index is -0.352. The number of thioether (sulfide) groups is 1. The SMILES string of the molecule is C=CCn1c(SCC(=O)Nc2cccc(C)c2C)nnc1[C@H](NC(=O)c1ccc(C)cc1)C(C)C. The third-order valence-electron chi connectivity index (χ3n) is 5.81. The zero-order valence-electron chi connectivity index (χ0n) is 21.0. The largest absolute Gasteiger partial charge is 0.342 e. The summed E-state index contributed by atoms with van der Waals surface area (Å²) >= 11 is 1.31. The Morgan fingerprint density at radius 2 is 1.80 bits per heavy atom. The Balaban J connectivity index is 1.75. The minimum absolute atomic E-state index is 0.0719. The maximum atomic E-state index is 12.9. The van der Waals surface area contributed by atoms with E-state index >= 15 is 0 Å². The van der Waals surface area contributed by atoms with Gasteiger partial charge in [-0.25, -0.2) is 0 Å². The quantitative estimate of drug-likeness (QED) is 0.299. The van der Waals surface area contributed by atoms with Gasteiger partial charge in [0.1, 0.15) is 0 Å². The number of carbonyl (C=O) groups excluding carboxylic acids is 2. The predicted molar refractivity (Wildman–Crippen MR) is 142 cm³/mol. The number of rotatable bonds is 10. The van der Waals surface area contributed by atoms with Crippen LogP contribution in [0.5, 0.6) is 0 Å². The first-order valence-corrected chi connectivity index (χ1v) is 12.6. The lowest BCUT2D eigenvalue weighted by atomic mass is 10.0. The van der Waals surface area contributed by atoms with Crippen molar-refractivity contribution in [3.05, 3.63) is 83.2 Å². The monoisotopic (exact) mass is 491 g/mol. The van der Waals surface area contributed by atoms with Gasteiger partial charge in [0.15, 0.2) is 11.0 Å². The summed E-state index contributed by atoms with van der Waals surface area (Å²) in [6.07, 6.45) is 1.76. The molecule has 184 valence electrons. The number of aromatic nitrogens is 3. The summed E-state index contributed by atoms with van der Waals surface area (Å²) in [6.45, 7) is 14.4. The van der Waals surface area contributed by atoms with E-state index in [2.05, 4.69) is 27.4 Å². The van der Waals surface area contributed by atoms with Crippen molar-refractivity contribution in [2.45, 2.75) is 52.4 Å². The van der Waals surface area contributed by atoms with Crippen LogP contribution in [-0.2, 0) is 11.3 Å². The molecule has 2 aromatic carbocycles. The van der Waals surface area contributed by atoms with Crippen molar-refractivity contribution in [1.82, 2.24) is 20.1 Å². The van der Waals surface area contributed by atoms with Crippen molar-refractivity contribution in [2.24, 2.45) is 5.92 Å². The van der Waals surface area contributed by atoms with Gasteiger partial charge in [0.05, 0.1) is 11.8 Å². The molecule has 1 aromatic heterocycles. The van der Waals surface area contributed by atoms with E-state index in [4.69, 9.17) is 0 Å². The number of benzene rings is 2. The van der Waals surface area contributed by atoms with Gasteiger partial charge in [0.2, 0.25) is 5.91 Å². The Bertz CT molecular complexity index is 1200.